The van der Waals surface area contributed by atoms with Gasteiger partial charge in [0.2, 0.25) is 5.91 Å². The lowest BCUT2D eigenvalue weighted by atomic mass is 10.1. The molecule has 3 N–H and O–H groups in total. The molecule has 1 fully saturated rings. The van der Waals surface area contributed by atoms with Gasteiger partial charge in [0, 0.05) is 35.5 Å². The quantitative estimate of drug-likeness (QED) is 0.826. The van der Waals surface area contributed by atoms with Gasteiger partial charge in [0.25, 0.3) is 0 Å². The van der Waals surface area contributed by atoms with Crippen molar-refractivity contribution in [1.82, 2.24) is 10.3 Å². The number of rotatable bonds is 2. The number of anilines is 2. The molecule has 5 heteroatoms. The smallest absolute Gasteiger partial charge is 0.242 e. The molecule has 1 aliphatic rings. The Labute approximate surface area is 124 Å². The number of hydrogen-bond donors (Lipinski definition) is 2. The number of hydrogen-bond acceptors (Lipinski definition) is 4. The Kier molecular flexibility index (Phi) is 3.41. The topological polar surface area (TPSA) is 71.2 Å². The lowest BCUT2D eigenvalue weighted by molar-refractivity contribution is -0.123. The number of amides is 1. The summed E-state index contributed by atoms with van der Waals surface area (Å²) in [6.07, 6.45) is 0.775. The zero-order valence-corrected chi connectivity index (χ0v) is 12.4. The van der Waals surface area contributed by atoms with Crippen LogP contribution in [0.1, 0.15) is 19.0 Å². The zero-order valence-electron chi connectivity index (χ0n) is 12.4. The molecule has 5 nitrogen and oxygen atoms in total. The van der Waals surface area contributed by atoms with Gasteiger partial charge in [-0.15, -0.1) is 0 Å². The predicted molar refractivity (Wildman–Crippen MR) is 85.3 cm³/mol. The molecule has 2 heterocycles. The van der Waals surface area contributed by atoms with Crippen molar-refractivity contribution < 1.29 is 4.79 Å². The van der Waals surface area contributed by atoms with Gasteiger partial charge in [-0.1, -0.05) is 6.92 Å². The van der Waals surface area contributed by atoms with Crippen molar-refractivity contribution in [3.05, 3.63) is 30.0 Å². The highest BCUT2D eigenvalue weighted by Gasteiger charge is 2.29. The van der Waals surface area contributed by atoms with Crippen LogP contribution in [0.15, 0.2) is 24.3 Å². The van der Waals surface area contributed by atoms with Gasteiger partial charge in [0.1, 0.15) is 6.04 Å². The number of fused-ring (bicyclic) bond motifs is 1. The third-order valence-corrected chi connectivity index (χ3v) is 3.97. The average molecular weight is 284 g/mol. The Balaban J connectivity index is 2.18. The van der Waals surface area contributed by atoms with E-state index in [9.17, 15) is 4.79 Å². The molecule has 0 aliphatic carbocycles. The minimum atomic E-state index is -0.134. The highest BCUT2D eigenvalue weighted by Crippen LogP contribution is 2.31. The van der Waals surface area contributed by atoms with E-state index in [1.54, 1.807) is 0 Å². The fourth-order valence-corrected chi connectivity index (χ4v) is 3.00. The van der Waals surface area contributed by atoms with Gasteiger partial charge in [-0.05, 0) is 37.6 Å². The summed E-state index contributed by atoms with van der Waals surface area (Å²) < 4.78 is 0. The second-order valence-electron chi connectivity index (χ2n) is 5.47. The zero-order chi connectivity index (χ0) is 15.0. The summed E-state index contributed by atoms with van der Waals surface area (Å²) in [6, 6.07) is 7.65. The lowest BCUT2D eigenvalue weighted by Gasteiger charge is -2.37. The van der Waals surface area contributed by atoms with Crippen LogP contribution in [-0.4, -0.2) is 30.0 Å². The number of pyridine rings is 1. The number of carbonyl (C=O) groups is 1. The molecule has 1 atom stereocenters. The highest BCUT2D eigenvalue weighted by atomic mass is 16.2. The van der Waals surface area contributed by atoms with Gasteiger partial charge >= 0.3 is 0 Å². The SMILES string of the molecule is CCC1C(=O)NCCN1c1cc(C)nc2ccc(N)cc12. The van der Waals surface area contributed by atoms with E-state index in [1.807, 2.05) is 38.1 Å². The molecule has 0 bridgehead atoms. The van der Waals surface area contributed by atoms with Gasteiger partial charge in [-0.25, -0.2) is 0 Å². The summed E-state index contributed by atoms with van der Waals surface area (Å²) in [4.78, 5) is 18.8. The molecule has 3 rings (SSSR count). The monoisotopic (exact) mass is 284 g/mol. The van der Waals surface area contributed by atoms with E-state index < -0.39 is 0 Å². The van der Waals surface area contributed by atoms with Crippen molar-refractivity contribution in [2.24, 2.45) is 0 Å². The number of nitrogen functional groups attached to an aromatic ring is 1. The van der Waals surface area contributed by atoms with Crippen LogP contribution in [-0.2, 0) is 4.79 Å². The van der Waals surface area contributed by atoms with Crippen molar-refractivity contribution in [2.45, 2.75) is 26.3 Å². The van der Waals surface area contributed by atoms with Gasteiger partial charge in [0.05, 0.1) is 5.52 Å². The van der Waals surface area contributed by atoms with Crippen molar-refractivity contribution in [3.63, 3.8) is 0 Å². The van der Waals surface area contributed by atoms with Crippen LogP contribution in [0, 0.1) is 6.92 Å². The fourth-order valence-electron chi connectivity index (χ4n) is 3.00. The van der Waals surface area contributed by atoms with E-state index in [4.69, 9.17) is 5.73 Å². The minimum absolute atomic E-state index is 0.0928. The van der Waals surface area contributed by atoms with Crippen molar-refractivity contribution in [1.29, 1.82) is 0 Å². The maximum absolute atomic E-state index is 12.1. The molecule has 0 saturated carbocycles. The van der Waals surface area contributed by atoms with Gasteiger partial charge in [-0.2, -0.15) is 0 Å². The first kappa shape index (κ1) is 13.7. The molecule has 1 amide bonds. The molecule has 1 aliphatic heterocycles. The van der Waals surface area contributed by atoms with Crippen LogP contribution in [0.3, 0.4) is 0 Å². The summed E-state index contributed by atoms with van der Waals surface area (Å²) in [5.41, 5.74) is 9.55. The third-order valence-electron chi connectivity index (χ3n) is 3.97. The van der Waals surface area contributed by atoms with Crippen LogP contribution in [0.5, 0.6) is 0 Å². The minimum Gasteiger partial charge on any atom is -0.399 e. The summed E-state index contributed by atoms with van der Waals surface area (Å²) >= 11 is 0. The van der Waals surface area contributed by atoms with E-state index in [1.165, 1.54) is 0 Å². The van der Waals surface area contributed by atoms with E-state index in [2.05, 4.69) is 15.2 Å². The molecule has 2 aromatic rings. The predicted octanol–water partition coefficient (Wildman–Crippen LogP) is 1.84. The number of aromatic nitrogens is 1. The number of nitrogens with two attached hydrogens (primary N) is 1. The Morgan fingerprint density at radius 3 is 3.00 bits per heavy atom. The standard InChI is InChI=1S/C16H20N4O/c1-3-14-16(21)18-6-7-20(14)15-8-10(2)19-13-5-4-11(17)9-12(13)15/h4-5,8-9,14H,3,6-7,17H2,1-2H3,(H,18,21). The molecule has 21 heavy (non-hydrogen) atoms. The number of piperazine rings is 1. The molecule has 0 radical (unpaired) electrons. The average Bonchev–Trinajstić information content (AvgIpc) is 2.46. The van der Waals surface area contributed by atoms with E-state index in [-0.39, 0.29) is 11.9 Å². The highest BCUT2D eigenvalue weighted by molar-refractivity contribution is 5.97. The molecule has 1 aromatic heterocycles. The number of nitrogens with zero attached hydrogens (tertiary/aromatic N) is 2. The summed E-state index contributed by atoms with van der Waals surface area (Å²) in [6.45, 7) is 5.48. The van der Waals surface area contributed by atoms with E-state index >= 15 is 0 Å². The first-order valence-electron chi connectivity index (χ1n) is 7.31. The number of nitrogens with one attached hydrogen (secondary N) is 1. The Morgan fingerprint density at radius 2 is 2.24 bits per heavy atom. The normalized spacial score (nSPS) is 18.9. The lowest BCUT2D eigenvalue weighted by Crippen LogP contribution is -2.55. The van der Waals surface area contributed by atoms with E-state index in [0.717, 1.165) is 35.2 Å². The van der Waals surface area contributed by atoms with Gasteiger partial charge < -0.3 is 16.0 Å². The summed E-state index contributed by atoms with van der Waals surface area (Å²) in [5.74, 6) is 0.0928. The Hall–Kier alpha value is -2.30. The van der Waals surface area contributed by atoms with Crippen molar-refractivity contribution >= 4 is 28.2 Å². The van der Waals surface area contributed by atoms with Crippen LogP contribution in [0.2, 0.25) is 0 Å². The Morgan fingerprint density at radius 1 is 1.43 bits per heavy atom. The summed E-state index contributed by atoms with van der Waals surface area (Å²) in [5, 5.41) is 3.94. The van der Waals surface area contributed by atoms with Crippen molar-refractivity contribution in [2.75, 3.05) is 23.7 Å². The maximum atomic E-state index is 12.1. The van der Waals surface area contributed by atoms with Crippen LogP contribution in [0.25, 0.3) is 10.9 Å². The third kappa shape index (κ3) is 2.39. The number of carbonyl (C=O) groups excluding carboxylic acids is 1. The molecule has 1 saturated heterocycles. The number of benzene rings is 1. The molecule has 0 spiro atoms. The van der Waals surface area contributed by atoms with Crippen LogP contribution in [0.4, 0.5) is 11.4 Å². The largest absolute Gasteiger partial charge is 0.399 e. The number of aryl methyl sites for hydroxylation is 1. The molecular formula is C16H20N4O. The molecule has 110 valence electrons. The van der Waals surface area contributed by atoms with Gasteiger partial charge in [-0.3, -0.25) is 9.78 Å². The second kappa shape index (κ2) is 5.24. The van der Waals surface area contributed by atoms with Crippen molar-refractivity contribution in [3.8, 4) is 0 Å². The van der Waals surface area contributed by atoms with Gasteiger partial charge in [0.15, 0.2) is 0 Å². The fraction of sp³-hybridized carbons (Fsp3) is 0.375. The Bertz CT molecular complexity index is 698. The first-order chi connectivity index (χ1) is 10.1. The van der Waals surface area contributed by atoms with Crippen LogP contribution >= 0.6 is 0 Å². The molecule has 1 aromatic carbocycles. The second-order valence-corrected chi connectivity index (χ2v) is 5.47. The summed E-state index contributed by atoms with van der Waals surface area (Å²) in [7, 11) is 0. The van der Waals surface area contributed by atoms with E-state index in [0.29, 0.717) is 12.2 Å². The molecule has 1 unspecified atom stereocenters. The van der Waals surface area contributed by atoms with Crippen LogP contribution < -0.4 is 16.0 Å². The first-order valence-corrected chi connectivity index (χ1v) is 7.31. The maximum Gasteiger partial charge on any atom is 0.242 e. The molecular weight excluding hydrogens is 264 g/mol.